The van der Waals surface area contributed by atoms with E-state index in [1.54, 1.807) is 30.5 Å². The quantitative estimate of drug-likeness (QED) is 0.702. The molecule has 1 aromatic carbocycles. The van der Waals surface area contributed by atoms with Gasteiger partial charge in [0.1, 0.15) is 11.3 Å². The Hall–Kier alpha value is -2.51. The highest BCUT2D eigenvalue weighted by Gasteiger charge is 2.23. The van der Waals surface area contributed by atoms with Crippen molar-refractivity contribution in [2.45, 2.75) is 20.4 Å². The zero-order valence-corrected chi connectivity index (χ0v) is 16.0. The number of rotatable bonds is 4. The fraction of sp³-hybridized carbons (Fsp3) is 0.222. The number of hydrogen-bond acceptors (Lipinski definition) is 5. The number of halogens is 1. The maximum Gasteiger partial charge on any atom is 0.267 e. The van der Waals surface area contributed by atoms with Gasteiger partial charge in [0.25, 0.3) is 11.5 Å². The molecule has 0 saturated carbocycles. The Labute approximate surface area is 158 Å². The van der Waals surface area contributed by atoms with E-state index >= 15 is 0 Å². The molecule has 0 unspecified atom stereocenters. The number of nitrogens with one attached hydrogen (secondary N) is 1. The third kappa shape index (κ3) is 2.93. The lowest BCUT2D eigenvalue weighted by Gasteiger charge is -2.14. The molecule has 3 aromatic rings. The van der Waals surface area contributed by atoms with Crippen molar-refractivity contribution in [1.29, 1.82) is 0 Å². The monoisotopic (exact) mass is 392 g/mol. The van der Waals surface area contributed by atoms with Gasteiger partial charge in [-0.2, -0.15) is 0 Å². The molecular weight excluding hydrogens is 376 g/mol. The number of aryl methyl sites for hydroxylation is 2. The number of fused-ring (bicyclic) bond motifs is 1. The number of amides is 1. The average molecular weight is 393 g/mol. The molecule has 136 valence electrons. The standard InChI is InChI=1S/C18H17ClN2O4S/c1-4-21-12-5-6-26-16(12)15(22)14(18(21)24)17(23)20-11-7-9(2)10(19)8-13(11)25-3/h5-8,22H,4H2,1-3H3,(H,20,23). The maximum absolute atomic E-state index is 12.8. The van der Waals surface area contributed by atoms with E-state index in [4.69, 9.17) is 16.3 Å². The molecule has 0 fully saturated rings. The van der Waals surface area contributed by atoms with Crippen molar-refractivity contribution < 1.29 is 14.6 Å². The Kier molecular flexibility index (Phi) is 4.93. The molecule has 0 saturated heterocycles. The molecule has 0 spiro atoms. The Balaban J connectivity index is 2.12. The van der Waals surface area contributed by atoms with Gasteiger partial charge in [-0.1, -0.05) is 11.6 Å². The Morgan fingerprint density at radius 3 is 2.81 bits per heavy atom. The number of nitrogens with zero attached hydrogens (tertiary/aromatic N) is 1. The third-order valence-electron chi connectivity index (χ3n) is 4.12. The Morgan fingerprint density at radius 1 is 1.42 bits per heavy atom. The summed E-state index contributed by atoms with van der Waals surface area (Å²) in [6.45, 7) is 3.98. The first-order valence-electron chi connectivity index (χ1n) is 7.87. The van der Waals surface area contributed by atoms with Crippen LogP contribution in [-0.2, 0) is 6.54 Å². The first-order valence-corrected chi connectivity index (χ1v) is 9.13. The van der Waals surface area contributed by atoms with Gasteiger partial charge in [-0.15, -0.1) is 11.3 Å². The van der Waals surface area contributed by atoms with Crippen LogP contribution in [0.25, 0.3) is 10.2 Å². The molecule has 0 radical (unpaired) electrons. The van der Waals surface area contributed by atoms with Gasteiger partial charge in [0, 0.05) is 17.6 Å². The fourth-order valence-electron chi connectivity index (χ4n) is 2.78. The molecule has 2 aromatic heterocycles. The van der Waals surface area contributed by atoms with Gasteiger partial charge in [0.2, 0.25) is 0 Å². The number of carbonyl (C=O) groups is 1. The number of carbonyl (C=O) groups excluding carboxylic acids is 1. The predicted octanol–water partition coefficient (Wildman–Crippen LogP) is 4.01. The molecule has 26 heavy (non-hydrogen) atoms. The van der Waals surface area contributed by atoms with E-state index < -0.39 is 11.5 Å². The lowest BCUT2D eigenvalue weighted by atomic mass is 10.1. The topological polar surface area (TPSA) is 80.6 Å². The first kappa shape index (κ1) is 18.3. The van der Waals surface area contributed by atoms with Gasteiger partial charge in [-0.3, -0.25) is 9.59 Å². The van der Waals surface area contributed by atoms with E-state index in [1.165, 1.54) is 23.0 Å². The number of ether oxygens (including phenoxy) is 1. The second kappa shape index (κ2) is 7.01. The molecule has 0 aliphatic carbocycles. The molecule has 2 heterocycles. The van der Waals surface area contributed by atoms with Crippen LogP contribution in [-0.4, -0.2) is 22.7 Å². The van der Waals surface area contributed by atoms with Crippen LogP contribution in [0.3, 0.4) is 0 Å². The van der Waals surface area contributed by atoms with Gasteiger partial charge in [-0.05, 0) is 36.9 Å². The molecule has 1 amide bonds. The van der Waals surface area contributed by atoms with Crippen LogP contribution < -0.4 is 15.6 Å². The zero-order chi connectivity index (χ0) is 19.0. The van der Waals surface area contributed by atoms with Crippen LogP contribution in [0, 0.1) is 6.92 Å². The highest BCUT2D eigenvalue weighted by atomic mass is 35.5. The molecule has 0 aliphatic heterocycles. The number of hydrogen-bond donors (Lipinski definition) is 2. The summed E-state index contributed by atoms with van der Waals surface area (Å²) >= 11 is 7.35. The normalized spacial score (nSPS) is 10.9. The van der Waals surface area contributed by atoms with Crippen molar-refractivity contribution in [1.82, 2.24) is 4.57 Å². The Bertz CT molecular complexity index is 1070. The van der Waals surface area contributed by atoms with Crippen molar-refractivity contribution in [3.05, 3.63) is 50.1 Å². The molecule has 8 heteroatoms. The van der Waals surface area contributed by atoms with E-state index in [-0.39, 0.29) is 11.3 Å². The number of anilines is 1. The smallest absolute Gasteiger partial charge is 0.267 e. The first-order chi connectivity index (χ1) is 12.4. The second-order valence-corrected chi connectivity index (χ2v) is 6.99. The van der Waals surface area contributed by atoms with E-state index in [2.05, 4.69) is 5.32 Å². The highest BCUT2D eigenvalue weighted by Crippen LogP contribution is 2.34. The highest BCUT2D eigenvalue weighted by molar-refractivity contribution is 7.17. The van der Waals surface area contributed by atoms with Gasteiger partial charge in [0.15, 0.2) is 5.75 Å². The van der Waals surface area contributed by atoms with E-state index in [9.17, 15) is 14.7 Å². The van der Waals surface area contributed by atoms with Gasteiger partial charge < -0.3 is 19.7 Å². The van der Waals surface area contributed by atoms with E-state index in [0.717, 1.165) is 5.56 Å². The molecule has 6 nitrogen and oxygen atoms in total. The van der Waals surface area contributed by atoms with Crippen molar-refractivity contribution in [3.8, 4) is 11.5 Å². The van der Waals surface area contributed by atoms with Crippen molar-refractivity contribution in [3.63, 3.8) is 0 Å². The van der Waals surface area contributed by atoms with Crippen molar-refractivity contribution >= 4 is 44.7 Å². The number of aromatic nitrogens is 1. The van der Waals surface area contributed by atoms with Crippen molar-refractivity contribution in [2.24, 2.45) is 0 Å². The molecule has 0 atom stereocenters. The van der Waals surface area contributed by atoms with Crippen LogP contribution in [0.4, 0.5) is 5.69 Å². The van der Waals surface area contributed by atoms with Gasteiger partial charge >= 0.3 is 0 Å². The fourth-order valence-corrected chi connectivity index (χ4v) is 3.78. The molecule has 0 bridgehead atoms. The molecule has 3 rings (SSSR count). The third-order valence-corrected chi connectivity index (χ3v) is 5.44. The summed E-state index contributed by atoms with van der Waals surface area (Å²) in [7, 11) is 1.45. The zero-order valence-electron chi connectivity index (χ0n) is 14.4. The molecule has 2 N–H and O–H groups in total. The van der Waals surface area contributed by atoms with Crippen LogP contribution in [0.1, 0.15) is 22.8 Å². The second-order valence-electron chi connectivity index (χ2n) is 5.66. The summed E-state index contributed by atoms with van der Waals surface area (Å²) in [6.07, 6.45) is 0. The molecule has 0 aliphatic rings. The summed E-state index contributed by atoms with van der Waals surface area (Å²) in [4.78, 5) is 25.5. The van der Waals surface area contributed by atoms with E-state index in [1.807, 2.05) is 6.92 Å². The lowest BCUT2D eigenvalue weighted by molar-refractivity contribution is 0.102. The minimum absolute atomic E-state index is 0.295. The number of thiophene rings is 1. The maximum atomic E-state index is 12.8. The SMILES string of the molecule is CCn1c(=O)c(C(=O)Nc2cc(C)c(Cl)cc2OC)c(O)c2sccc21. The van der Waals surface area contributed by atoms with Gasteiger partial charge in [0.05, 0.1) is 23.0 Å². The largest absolute Gasteiger partial charge is 0.505 e. The summed E-state index contributed by atoms with van der Waals surface area (Å²) < 4.78 is 7.20. The summed E-state index contributed by atoms with van der Waals surface area (Å²) in [5.41, 5.74) is 0.880. The van der Waals surface area contributed by atoms with Crippen LogP contribution in [0.2, 0.25) is 5.02 Å². The van der Waals surface area contributed by atoms with Crippen LogP contribution in [0.15, 0.2) is 28.4 Å². The summed E-state index contributed by atoms with van der Waals surface area (Å²) in [5, 5.41) is 15.4. The minimum Gasteiger partial charge on any atom is -0.505 e. The number of methoxy groups -OCH3 is 1. The average Bonchev–Trinajstić information content (AvgIpc) is 3.08. The number of benzene rings is 1. The number of pyridine rings is 1. The van der Waals surface area contributed by atoms with E-state index in [0.29, 0.717) is 33.2 Å². The minimum atomic E-state index is -0.704. The lowest BCUT2D eigenvalue weighted by Crippen LogP contribution is -2.29. The summed E-state index contributed by atoms with van der Waals surface area (Å²) in [6, 6.07) is 4.98. The van der Waals surface area contributed by atoms with Crippen LogP contribution in [0.5, 0.6) is 11.5 Å². The van der Waals surface area contributed by atoms with Crippen LogP contribution >= 0.6 is 22.9 Å². The Morgan fingerprint density at radius 2 is 2.15 bits per heavy atom. The predicted molar refractivity (Wildman–Crippen MR) is 104 cm³/mol. The summed E-state index contributed by atoms with van der Waals surface area (Å²) in [5.74, 6) is -0.654. The number of aromatic hydroxyl groups is 1. The van der Waals surface area contributed by atoms with Crippen molar-refractivity contribution in [2.75, 3.05) is 12.4 Å². The van der Waals surface area contributed by atoms with Gasteiger partial charge in [-0.25, -0.2) is 0 Å². The molecular formula is C18H17ClN2O4S.